The van der Waals surface area contributed by atoms with Crippen LogP contribution in [0, 0.1) is 0 Å². The molecule has 0 fully saturated rings. The van der Waals surface area contributed by atoms with Crippen LogP contribution < -0.4 is 10.2 Å². The smallest absolute Gasteiger partial charge is 0.187 e. The zero-order chi connectivity index (χ0) is 15.5. The first-order chi connectivity index (χ1) is 10.6. The molecule has 0 atom stereocenters. The van der Waals surface area contributed by atoms with Crippen molar-refractivity contribution in [2.45, 2.75) is 0 Å². The van der Waals surface area contributed by atoms with Gasteiger partial charge in [0, 0.05) is 30.7 Å². The minimum absolute atomic E-state index is 0.478. The summed E-state index contributed by atoms with van der Waals surface area (Å²) in [7, 11) is 4.06. The van der Waals surface area contributed by atoms with Crippen LogP contribution in [0.4, 0.5) is 16.5 Å². The number of benzene rings is 1. The number of hydrogen-bond acceptors (Lipinski definition) is 5. The van der Waals surface area contributed by atoms with E-state index in [0.29, 0.717) is 5.15 Å². The molecule has 0 aliphatic heterocycles. The zero-order valence-electron chi connectivity index (χ0n) is 12.2. The van der Waals surface area contributed by atoms with Gasteiger partial charge in [0.1, 0.15) is 5.15 Å². The average molecular weight is 331 g/mol. The highest BCUT2D eigenvalue weighted by atomic mass is 35.5. The molecule has 0 saturated heterocycles. The summed E-state index contributed by atoms with van der Waals surface area (Å²) in [6.45, 7) is 0. The predicted molar refractivity (Wildman–Crippen MR) is 94.4 cm³/mol. The lowest BCUT2D eigenvalue weighted by atomic mass is 10.1. The van der Waals surface area contributed by atoms with Crippen LogP contribution in [-0.4, -0.2) is 24.1 Å². The molecule has 0 aliphatic rings. The van der Waals surface area contributed by atoms with Crippen LogP contribution >= 0.6 is 22.9 Å². The summed E-state index contributed by atoms with van der Waals surface area (Å²) >= 11 is 7.34. The van der Waals surface area contributed by atoms with Gasteiger partial charge in [0.25, 0.3) is 0 Å². The third kappa shape index (κ3) is 3.37. The molecule has 1 aromatic carbocycles. The van der Waals surface area contributed by atoms with Crippen LogP contribution in [0.1, 0.15) is 0 Å². The first-order valence-electron chi connectivity index (χ1n) is 6.74. The lowest BCUT2D eigenvalue weighted by Gasteiger charge is -2.12. The number of anilines is 3. The highest BCUT2D eigenvalue weighted by Crippen LogP contribution is 2.29. The third-order valence-electron chi connectivity index (χ3n) is 3.14. The van der Waals surface area contributed by atoms with Crippen molar-refractivity contribution in [3.8, 4) is 11.3 Å². The fourth-order valence-electron chi connectivity index (χ4n) is 1.98. The van der Waals surface area contributed by atoms with Crippen LogP contribution in [0.5, 0.6) is 0 Å². The minimum atomic E-state index is 0.478. The summed E-state index contributed by atoms with van der Waals surface area (Å²) < 4.78 is 0. The van der Waals surface area contributed by atoms with Crippen molar-refractivity contribution in [2.24, 2.45) is 0 Å². The lowest BCUT2D eigenvalue weighted by Crippen LogP contribution is -2.08. The Hall–Kier alpha value is -2.11. The summed E-state index contributed by atoms with van der Waals surface area (Å²) in [5, 5.41) is 6.58. The van der Waals surface area contributed by atoms with E-state index in [4.69, 9.17) is 11.6 Å². The van der Waals surface area contributed by atoms with Gasteiger partial charge in [0.2, 0.25) is 0 Å². The Balaban J connectivity index is 1.81. The van der Waals surface area contributed by atoms with Crippen molar-refractivity contribution in [3.63, 3.8) is 0 Å². The molecule has 22 heavy (non-hydrogen) atoms. The molecule has 3 aromatic rings. The first-order valence-corrected chi connectivity index (χ1v) is 7.99. The van der Waals surface area contributed by atoms with Crippen molar-refractivity contribution in [1.82, 2.24) is 9.97 Å². The number of hydrogen-bond donors (Lipinski definition) is 1. The maximum absolute atomic E-state index is 5.78. The van der Waals surface area contributed by atoms with Gasteiger partial charge < -0.3 is 10.2 Å². The predicted octanol–water partition coefficient (Wildman–Crippen LogP) is 4.67. The lowest BCUT2D eigenvalue weighted by molar-refractivity contribution is 1.13. The molecule has 0 saturated carbocycles. The summed E-state index contributed by atoms with van der Waals surface area (Å²) in [6.07, 6.45) is 1.69. The van der Waals surface area contributed by atoms with E-state index in [-0.39, 0.29) is 0 Å². The Morgan fingerprint density at radius 1 is 1.18 bits per heavy atom. The molecule has 2 aromatic heterocycles. The SMILES string of the molecule is CN(C)c1cccc(-c2csc(Nc3ccc(Cl)nc3)n2)c1. The summed E-state index contributed by atoms with van der Waals surface area (Å²) in [6, 6.07) is 11.9. The molecule has 112 valence electrons. The Labute approximate surface area is 138 Å². The molecule has 4 nitrogen and oxygen atoms in total. The van der Waals surface area contributed by atoms with Gasteiger partial charge in [-0.25, -0.2) is 9.97 Å². The van der Waals surface area contributed by atoms with E-state index < -0.39 is 0 Å². The van der Waals surface area contributed by atoms with Gasteiger partial charge in [-0.05, 0) is 24.3 Å². The van der Waals surface area contributed by atoms with E-state index >= 15 is 0 Å². The second-order valence-corrected chi connectivity index (χ2v) is 6.22. The van der Waals surface area contributed by atoms with Crippen LogP contribution in [0.25, 0.3) is 11.3 Å². The number of pyridine rings is 1. The van der Waals surface area contributed by atoms with E-state index in [1.54, 1.807) is 23.6 Å². The van der Waals surface area contributed by atoms with Gasteiger partial charge in [0.05, 0.1) is 17.6 Å². The van der Waals surface area contributed by atoms with E-state index in [0.717, 1.165) is 27.8 Å². The van der Waals surface area contributed by atoms with Gasteiger partial charge in [0.15, 0.2) is 5.13 Å². The quantitative estimate of drug-likeness (QED) is 0.706. The number of rotatable bonds is 4. The van der Waals surface area contributed by atoms with Crippen LogP contribution in [0.15, 0.2) is 48.0 Å². The standard InChI is InChI=1S/C16H15ClN4S/c1-21(2)13-5-3-4-11(8-13)14-10-22-16(20-14)19-12-6-7-15(17)18-9-12/h3-10H,1-2H3,(H,19,20). The van der Waals surface area contributed by atoms with Gasteiger partial charge in [-0.3, -0.25) is 0 Å². The molecule has 2 heterocycles. The topological polar surface area (TPSA) is 41.0 Å². The van der Waals surface area contributed by atoms with Gasteiger partial charge in [-0.2, -0.15) is 0 Å². The molecule has 0 radical (unpaired) electrons. The number of nitrogens with zero attached hydrogens (tertiary/aromatic N) is 3. The first kappa shape index (κ1) is 14.8. The largest absolute Gasteiger partial charge is 0.378 e. The van der Waals surface area contributed by atoms with Crippen LogP contribution in [0.2, 0.25) is 5.15 Å². The van der Waals surface area contributed by atoms with Crippen molar-refractivity contribution in [3.05, 3.63) is 53.1 Å². The number of nitrogens with one attached hydrogen (secondary N) is 1. The van der Waals surface area contributed by atoms with E-state index in [2.05, 4.69) is 38.4 Å². The molecule has 0 bridgehead atoms. The van der Waals surface area contributed by atoms with Gasteiger partial charge in [-0.1, -0.05) is 23.7 Å². The van der Waals surface area contributed by atoms with Crippen molar-refractivity contribution < 1.29 is 0 Å². The Morgan fingerprint density at radius 3 is 2.77 bits per heavy atom. The minimum Gasteiger partial charge on any atom is -0.378 e. The fourth-order valence-corrected chi connectivity index (χ4v) is 2.83. The van der Waals surface area contributed by atoms with Crippen molar-refractivity contribution in [1.29, 1.82) is 0 Å². The van der Waals surface area contributed by atoms with Crippen molar-refractivity contribution in [2.75, 3.05) is 24.3 Å². The number of thiazole rings is 1. The number of halogens is 1. The van der Waals surface area contributed by atoms with Crippen molar-refractivity contribution >= 4 is 39.4 Å². The Kier molecular flexibility index (Phi) is 4.27. The monoisotopic (exact) mass is 330 g/mol. The van der Waals surface area contributed by atoms with Crippen LogP contribution in [0.3, 0.4) is 0 Å². The van der Waals surface area contributed by atoms with Gasteiger partial charge >= 0.3 is 0 Å². The Bertz CT molecular complexity index is 768. The highest BCUT2D eigenvalue weighted by Gasteiger charge is 2.06. The second kappa shape index (κ2) is 6.34. The average Bonchev–Trinajstić information content (AvgIpc) is 2.98. The zero-order valence-corrected chi connectivity index (χ0v) is 13.8. The molecular weight excluding hydrogens is 316 g/mol. The third-order valence-corrected chi connectivity index (χ3v) is 4.12. The molecule has 0 unspecified atom stereocenters. The Morgan fingerprint density at radius 2 is 2.05 bits per heavy atom. The van der Waals surface area contributed by atoms with E-state index in [1.165, 1.54) is 0 Å². The maximum Gasteiger partial charge on any atom is 0.187 e. The molecule has 0 amide bonds. The normalized spacial score (nSPS) is 10.5. The fraction of sp³-hybridized carbons (Fsp3) is 0.125. The molecule has 1 N–H and O–H groups in total. The highest BCUT2D eigenvalue weighted by molar-refractivity contribution is 7.14. The second-order valence-electron chi connectivity index (χ2n) is 4.98. The molecule has 0 aliphatic carbocycles. The summed E-state index contributed by atoms with van der Waals surface area (Å²) in [4.78, 5) is 10.8. The molecule has 0 spiro atoms. The molecule has 6 heteroatoms. The van der Waals surface area contributed by atoms with E-state index in [9.17, 15) is 0 Å². The van der Waals surface area contributed by atoms with E-state index in [1.807, 2.05) is 31.6 Å². The molecular formula is C16H15ClN4S. The number of aromatic nitrogens is 2. The summed E-state index contributed by atoms with van der Waals surface area (Å²) in [5.74, 6) is 0. The summed E-state index contributed by atoms with van der Waals surface area (Å²) in [5.41, 5.74) is 4.08. The molecule has 3 rings (SSSR count). The van der Waals surface area contributed by atoms with Crippen LogP contribution in [-0.2, 0) is 0 Å². The maximum atomic E-state index is 5.78. The van der Waals surface area contributed by atoms with Gasteiger partial charge in [-0.15, -0.1) is 11.3 Å².